The van der Waals surface area contributed by atoms with Crippen molar-refractivity contribution in [1.29, 1.82) is 0 Å². The van der Waals surface area contributed by atoms with Crippen LogP contribution in [0.1, 0.15) is 5.56 Å². The molecule has 0 atom stereocenters. The van der Waals surface area contributed by atoms with E-state index in [1.54, 1.807) is 17.0 Å². The fraction of sp³-hybridized carbons (Fsp3) is 0.182. The summed E-state index contributed by atoms with van der Waals surface area (Å²) in [6, 6.07) is 3.79. The molecule has 0 spiro atoms. The number of hydrogen-bond acceptors (Lipinski definition) is 4. The second-order valence-corrected chi connectivity index (χ2v) is 4.53. The van der Waals surface area contributed by atoms with Gasteiger partial charge in [-0.2, -0.15) is 0 Å². The largest absolute Gasteiger partial charge is 0.282 e. The van der Waals surface area contributed by atoms with Crippen molar-refractivity contribution in [3.05, 3.63) is 49.8 Å². The molecular weight excluding hydrogens is 222 g/mol. The van der Waals surface area contributed by atoms with Gasteiger partial charge in [0.05, 0.1) is 11.1 Å². The van der Waals surface area contributed by atoms with Crippen LogP contribution in [0, 0.1) is 0 Å². The highest BCUT2D eigenvalue weighted by atomic mass is 32.1. The van der Waals surface area contributed by atoms with E-state index in [-0.39, 0.29) is 5.56 Å². The molecular formula is C11H9N3OS. The van der Waals surface area contributed by atoms with E-state index in [2.05, 4.69) is 9.98 Å². The van der Waals surface area contributed by atoms with Gasteiger partial charge in [0.2, 0.25) is 0 Å². The predicted molar refractivity (Wildman–Crippen MR) is 62.0 cm³/mol. The Kier molecular flexibility index (Phi) is 2.18. The van der Waals surface area contributed by atoms with Crippen molar-refractivity contribution in [3.8, 4) is 0 Å². The minimum atomic E-state index is 0.0603. The van der Waals surface area contributed by atoms with Crippen molar-refractivity contribution >= 4 is 17.4 Å². The van der Waals surface area contributed by atoms with Gasteiger partial charge < -0.3 is 0 Å². The molecule has 2 aromatic rings. The van der Waals surface area contributed by atoms with Crippen LogP contribution >= 0.6 is 11.3 Å². The van der Waals surface area contributed by atoms with Gasteiger partial charge in [-0.25, -0.2) is 0 Å². The minimum absolute atomic E-state index is 0.0603. The van der Waals surface area contributed by atoms with Crippen LogP contribution < -0.4 is 14.9 Å². The normalized spacial score (nSPS) is 14.9. The maximum Gasteiger partial charge on any atom is 0.270 e. The lowest BCUT2D eigenvalue weighted by atomic mass is 10.3. The lowest BCUT2D eigenvalue weighted by Crippen LogP contribution is -2.29. The van der Waals surface area contributed by atoms with Gasteiger partial charge in [-0.15, -0.1) is 0 Å². The summed E-state index contributed by atoms with van der Waals surface area (Å²) in [6.07, 6.45) is 5.32. The van der Waals surface area contributed by atoms with Crippen LogP contribution in [0.15, 0.2) is 34.3 Å². The van der Waals surface area contributed by atoms with E-state index in [0.29, 0.717) is 6.54 Å². The Hall–Kier alpha value is -1.75. The number of aromatic nitrogens is 2. The maximum atomic E-state index is 11.9. The Balaban J connectivity index is 2.22. The molecule has 0 aromatic carbocycles. The molecule has 1 aliphatic rings. The molecule has 1 aliphatic heterocycles. The second-order valence-electron chi connectivity index (χ2n) is 3.52. The van der Waals surface area contributed by atoms with Gasteiger partial charge in [0, 0.05) is 18.9 Å². The Morgan fingerprint density at radius 3 is 3.19 bits per heavy atom. The third-order valence-corrected chi connectivity index (χ3v) is 3.49. The Bertz CT molecular complexity index is 684. The molecule has 0 aliphatic carbocycles. The fourth-order valence-electron chi connectivity index (χ4n) is 1.68. The van der Waals surface area contributed by atoms with Gasteiger partial charge in [-0.05, 0) is 17.7 Å². The van der Waals surface area contributed by atoms with Crippen molar-refractivity contribution < 1.29 is 0 Å². The summed E-state index contributed by atoms with van der Waals surface area (Å²) in [7, 11) is 0. The molecule has 5 heteroatoms. The standard InChI is InChI=1S/C11H9N3OS/c15-10-9(6-8-2-1-3-12-7-8)16-11-13-4-5-14(10)11/h1-3,6-7H,4-5H2. The summed E-state index contributed by atoms with van der Waals surface area (Å²) < 4.78 is 2.46. The first-order valence-electron chi connectivity index (χ1n) is 5.00. The first kappa shape index (κ1) is 9.47. The number of pyridine rings is 1. The highest BCUT2D eigenvalue weighted by Crippen LogP contribution is 1.96. The van der Waals surface area contributed by atoms with E-state index in [4.69, 9.17) is 0 Å². The number of fused-ring (bicyclic) bond motifs is 1. The summed E-state index contributed by atoms with van der Waals surface area (Å²) in [5.41, 5.74) is 1.00. The molecule has 0 radical (unpaired) electrons. The van der Waals surface area contributed by atoms with Gasteiger partial charge in [-0.3, -0.25) is 19.3 Å². The van der Waals surface area contributed by atoms with Crippen LogP contribution in [0.25, 0.3) is 6.08 Å². The molecule has 0 unspecified atom stereocenters. The first-order chi connectivity index (χ1) is 7.84. The highest BCUT2D eigenvalue weighted by molar-refractivity contribution is 7.07. The average molecular weight is 231 g/mol. The number of nitrogens with zero attached hydrogens (tertiary/aromatic N) is 3. The van der Waals surface area contributed by atoms with E-state index < -0.39 is 0 Å². The average Bonchev–Trinajstić information content (AvgIpc) is 2.86. The first-order valence-corrected chi connectivity index (χ1v) is 5.82. The fourth-order valence-corrected chi connectivity index (χ4v) is 2.71. The Morgan fingerprint density at radius 2 is 2.44 bits per heavy atom. The molecule has 0 fully saturated rings. The quantitative estimate of drug-likeness (QED) is 0.680. The zero-order chi connectivity index (χ0) is 11.0. The molecule has 16 heavy (non-hydrogen) atoms. The predicted octanol–water partition coefficient (Wildman–Crippen LogP) is -0.233. The van der Waals surface area contributed by atoms with Crippen molar-refractivity contribution in [2.75, 3.05) is 6.54 Å². The van der Waals surface area contributed by atoms with Gasteiger partial charge in [0.15, 0.2) is 4.80 Å². The summed E-state index contributed by atoms with van der Waals surface area (Å²) >= 11 is 1.44. The zero-order valence-electron chi connectivity index (χ0n) is 8.46. The number of rotatable bonds is 1. The third kappa shape index (κ3) is 1.49. The Morgan fingerprint density at radius 1 is 1.50 bits per heavy atom. The van der Waals surface area contributed by atoms with Crippen LogP contribution in [0.4, 0.5) is 0 Å². The van der Waals surface area contributed by atoms with Crippen LogP contribution in [-0.4, -0.2) is 16.1 Å². The number of hydrogen-bond donors (Lipinski definition) is 0. The van der Waals surface area contributed by atoms with Gasteiger partial charge in [-0.1, -0.05) is 17.4 Å². The lowest BCUT2D eigenvalue weighted by Gasteiger charge is -1.88. The van der Waals surface area contributed by atoms with Crippen molar-refractivity contribution in [2.24, 2.45) is 4.99 Å². The molecule has 0 amide bonds. The molecule has 0 N–H and O–H groups in total. The third-order valence-electron chi connectivity index (χ3n) is 2.44. The van der Waals surface area contributed by atoms with Gasteiger partial charge in [0.1, 0.15) is 0 Å². The molecule has 3 heterocycles. The van der Waals surface area contributed by atoms with E-state index in [9.17, 15) is 4.79 Å². The summed E-state index contributed by atoms with van der Waals surface area (Å²) in [5.74, 6) is 0. The molecule has 80 valence electrons. The summed E-state index contributed by atoms with van der Waals surface area (Å²) in [6.45, 7) is 1.44. The summed E-state index contributed by atoms with van der Waals surface area (Å²) in [4.78, 5) is 21.0. The molecule has 0 saturated heterocycles. The van der Waals surface area contributed by atoms with Crippen LogP contribution in [0.2, 0.25) is 0 Å². The van der Waals surface area contributed by atoms with E-state index in [1.165, 1.54) is 11.3 Å². The minimum Gasteiger partial charge on any atom is -0.282 e. The lowest BCUT2D eigenvalue weighted by molar-refractivity contribution is 0.740. The van der Waals surface area contributed by atoms with E-state index >= 15 is 0 Å². The van der Waals surface area contributed by atoms with Gasteiger partial charge >= 0.3 is 0 Å². The van der Waals surface area contributed by atoms with Crippen LogP contribution in [0.3, 0.4) is 0 Å². The van der Waals surface area contributed by atoms with Crippen molar-refractivity contribution in [2.45, 2.75) is 6.54 Å². The molecule has 0 saturated carbocycles. The van der Waals surface area contributed by atoms with Crippen LogP contribution in [-0.2, 0) is 6.54 Å². The second kappa shape index (κ2) is 3.68. The van der Waals surface area contributed by atoms with Crippen molar-refractivity contribution in [1.82, 2.24) is 9.55 Å². The van der Waals surface area contributed by atoms with E-state index in [0.717, 1.165) is 21.4 Å². The maximum absolute atomic E-state index is 11.9. The Labute approximate surface area is 95.2 Å². The molecule has 4 nitrogen and oxygen atoms in total. The topological polar surface area (TPSA) is 47.2 Å². The van der Waals surface area contributed by atoms with Crippen LogP contribution in [0.5, 0.6) is 0 Å². The highest BCUT2D eigenvalue weighted by Gasteiger charge is 2.09. The van der Waals surface area contributed by atoms with Crippen molar-refractivity contribution in [3.63, 3.8) is 0 Å². The number of thiazole rings is 1. The molecule has 0 bridgehead atoms. The molecule has 2 aromatic heterocycles. The van der Waals surface area contributed by atoms with E-state index in [1.807, 2.05) is 18.2 Å². The SMILES string of the molecule is O=c1c(=Cc2cccnc2)sc2n1CCN=2. The smallest absolute Gasteiger partial charge is 0.270 e. The summed E-state index contributed by atoms with van der Waals surface area (Å²) in [5, 5.41) is 0. The monoisotopic (exact) mass is 231 g/mol. The zero-order valence-corrected chi connectivity index (χ0v) is 9.28. The van der Waals surface area contributed by atoms with Gasteiger partial charge in [0.25, 0.3) is 5.56 Å². The molecule has 3 rings (SSSR count).